The summed E-state index contributed by atoms with van der Waals surface area (Å²) in [4.78, 5) is 64.4. The number of rotatable bonds is 8. The van der Waals surface area contributed by atoms with E-state index < -0.39 is 34.2 Å². The third-order valence-corrected chi connectivity index (χ3v) is 8.85. The van der Waals surface area contributed by atoms with Gasteiger partial charge in [0, 0.05) is 88.9 Å². The number of nitrogens with zero attached hydrogens (tertiary/aromatic N) is 7. The maximum absolute atomic E-state index is 15.3. The van der Waals surface area contributed by atoms with Crippen LogP contribution in [0.5, 0.6) is 0 Å². The molecule has 2 saturated heterocycles. The van der Waals surface area contributed by atoms with Crippen molar-refractivity contribution in [2.45, 2.75) is 32.5 Å². The van der Waals surface area contributed by atoms with Crippen LogP contribution in [-0.4, -0.2) is 105 Å². The van der Waals surface area contributed by atoms with Gasteiger partial charge in [0.1, 0.15) is 22.6 Å². The Morgan fingerprint density at radius 3 is 2.30 bits per heavy atom. The minimum absolute atomic E-state index is 0.0195. The number of carbonyl (C=O) groups is 2. The van der Waals surface area contributed by atoms with E-state index in [0.717, 1.165) is 19.2 Å². The number of piperazine rings is 2. The second-order valence-electron chi connectivity index (χ2n) is 11.7. The zero-order valence-corrected chi connectivity index (χ0v) is 25.6. The molecule has 0 saturated carbocycles. The lowest BCUT2D eigenvalue weighted by molar-refractivity contribution is 0.0684. The molecule has 0 spiro atoms. The Balaban J connectivity index is 1.28. The molecule has 6 rings (SSSR count). The van der Waals surface area contributed by atoms with Gasteiger partial charge >= 0.3 is 11.9 Å². The van der Waals surface area contributed by atoms with Crippen LogP contribution in [0.15, 0.2) is 40.3 Å². The molecule has 1 aromatic carbocycles. The third-order valence-electron chi connectivity index (χ3n) is 8.85. The first-order valence-corrected chi connectivity index (χ1v) is 15.2. The highest BCUT2D eigenvalue weighted by Gasteiger charge is 2.25. The van der Waals surface area contributed by atoms with Crippen LogP contribution in [0.4, 0.5) is 16.0 Å². The lowest BCUT2D eigenvalue weighted by atomic mass is 10.1. The Morgan fingerprint density at radius 1 is 0.957 bits per heavy atom. The molecule has 0 radical (unpaired) electrons. The lowest BCUT2D eigenvalue weighted by Crippen LogP contribution is -2.51. The highest BCUT2D eigenvalue weighted by Crippen LogP contribution is 2.27. The summed E-state index contributed by atoms with van der Waals surface area (Å²) in [5.74, 6) is -2.84. The van der Waals surface area contributed by atoms with Crippen molar-refractivity contribution < 1.29 is 24.2 Å². The standard InChI is InChI=1S/C31H35FN8O6/c1-3-37-16-21(29(43)44)27(42)20-14-34-31(35-28(20)37)40-7-5-33-18(15-40)4-6-39-17-22(30(45)46)26(41)19-12-23(32)25(13-24(19)39)38-10-8-36(2)9-11-38/h12-14,16-18,33H,3-11,15H2,1-2H3,(H,43,44)(H,45,46). The highest BCUT2D eigenvalue weighted by atomic mass is 19.1. The molecule has 242 valence electrons. The zero-order chi connectivity index (χ0) is 32.7. The Bertz CT molecular complexity index is 1970. The first kappa shape index (κ1) is 31.1. The van der Waals surface area contributed by atoms with Crippen LogP contribution in [0.3, 0.4) is 0 Å². The molecule has 5 heterocycles. The largest absolute Gasteiger partial charge is 0.477 e. The quantitative estimate of drug-likeness (QED) is 0.255. The van der Waals surface area contributed by atoms with Crippen molar-refractivity contribution in [2.75, 3.05) is 62.7 Å². The van der Waals surface area contributed by atoms with Crippen LogP contribution in [-0.2, 0) is 13.1 Å². The molecule has 46 heavy (non-hydrogen) atoms. The number of aromatic carboxylic acids is 2. The summed E-state index contributed by atoms with van der Waals surface area (Å²) < 4.78 is 18.7. The number of aryl methyl sites for hydroxylation is 2. The van der Waals surface area contributed by atoms with Gasteiger partial charge in [-0.1, -0.05) is 0 Å². The normalized spacial score (nSPS) is 17.6. The smallest absolute Gasteiger partial charge is 0.341 e. The molecule has 2 aliphatic rings. The average Bonchev–Trinajstić information content (AvgIpc) is 3.04. The summed E-state index contributed by atoms with van der Waals surface area (Å²) in [5.41, 5.74) is -0.924. The van der Waals surface area contributed by atoms with Crippen molar-refractivity contribution in [3.05, 3.63) is 68.1 Å². The number of likely N-dealkylation sites (N-methyl/N-ethyl adjacent to an activating group) is 1. The van der Waals surface area contributed by atoms with Crippen LogP contribution < -0.4 is 26.0 Å². The second-order valence-corrected chi connectivity index (χ2v) is 11.7. The average molecular weight is 635 g/mol. The van der Waals surface area contributed by atoms with E-state index in [9.17, 15) is 29.4 Å². The number of pyridine rings is 2. The third kappa shape index (κ3) is 5.78. The predicted octanol–water partition coefficient (Wildman–Crippen LogP) is 1.28. The van der Waals surface area contributed by atoms with Gasteiger partial charge in [-0.15, -0.1) is 0 Å². The van der Waals surface area contributed by atoms with Crippen LogP contribution in [0.25, 0.3) is 21.9 Å². The van der Waals surface area contributed by atoms with E-state index in [4.69, 9.17) is 0 Å². The number of anilines is 2. The van der Waals surface area contributed by atoms with Gasteiger partial charge in [0.25, 0.3) is 0 Å². The van der Waals surface area contributed by atoms with E-state index in [-0.39, 0.29) is 22.4 Å². The number of fused-ring (bicyclic) bond motifs is 2. The predicted molar refractivity (Wildman–Crippen MR) is 170 cm³/mol. The van der Waals surface area contributed by atoms with E-state index in [1.165, 1.54) is 18.6 Å². The molecule has 2 aliphatic heterocycles. The summed E-state index contributed by atoms with van der Waals surface area (Å²) in [6, 6.07) is 2.73. The molecule has 1 unspecified atom stereocenters. The van der Waals surface area contributed by atoms with E-state index in [1.54, 1.807) is 15.2 Å². The van der Waals surface area contributed by atoms with Gasteiger partial charge in [-0.25, -0.2) is 19.0 Å². The fourth-order valence-electron chi connectivity index (χ4n) is 6.23. The SMILES string of the molecule is CCn1cc(C(=O)O)c(=O)c2cnc(N3CCNC(CCn4cc(C(=O)O)c(=O)c5cc(F)c(N6CCN(C)CC6)cc54)C3)nc21. The summed E-state index contributed by atoms with van der Waals surface area (Å²) in [7, 11) is 2.01. The van der Waals surface area contributed by atoms with Gasteiger partial charge in [0.15, 0.2) is 0 Å². The molecule has 2 fully saturated rings. The van der Waals surface area contributed by atoms with Gasteiger partial charge in [0.2, 0.25) is 16.8 Å². The monoisotopic (exact) mass is 634 g/mol. The Labute approximate surface area is 262 Å². The van der Waals surface area contributed by atoms with Crippen molar-refractivity contribution in [3.63, 3.8) is 0 Å². The molecule has 0 aliphatic carbocycles. The number of benzene rings is 1. The Morgan fingerprint density at radius 2 is 1.63 bits per heavy atom. The van der Waals surface area contributed by atoms with Gasteiger partial charge in [0.05, 0.1) is 16.6 Å². The van der Waals surface area contributed by atoms with E-state index in [2.05, 4.69) is 20.2 Å². The molecule has 3 N–H and O–H groups in total. The minimum Gasteiger partial charge on any atom is -0.477 e. The van der Waals surface area contributed by atoms with E-state index >= 15 is 4.39 Å². The van der Waals surface area contributed by atoms with Crippen molar-refractivity contribution in [2.24, 2.45) is 0 Å². The molecule has 0 bridgehead atoms. The number of hydrogen-bond acceptors (Lipinski definition) is 10. The van der Waals surface area contributed by atoms with Crippen molar-refractivity contribution >= 4 is 45.5 Å². The van der Waals surface area contributed by atoms with Crippen LogP contribution in [0.2, 0.25) is 0 Å². The number of carboxylic acid groups (broad SMARTS) is 2. The molecular weight excluding hydrogens is 599 g/mol. The van der Waals surface area contributed by atoms with Gasteiger partial charge < -0.3 is 39.4 Å². The second kappa shape index (κ2) is 12.5. The number of halogens is 1. The first-order valence-electron chi connectivity index (χ1n) is 15.2. The molecule has 1 atom stereocenters. The molecule has 14 nitrogen and oxygen atoms in total. The first-order chi connectivity index (χ1) is 22.0. The molecule has 4 aromatic rings. The minimum atomic E-state index is -1.37. The fourth-order valence-corrected chi connectivity index (χ4v) is 6.23. The van der Waals surface area contributed by atoms with Crippen LogP contribution >= 0.6 is 0 Å². The maximum atomic E-state index is 15.3. The van der Waals surface area contributed by atoms with Gasteiger partial charge in [-0.2, -0.15) is 4.98 Å². The summed E-state index contributed by atoms with van der Waals surface area (Å²) >= 11 is 0. The highest BCUT2D eigenvalue weighted by molar-refractivity contribution is 5.94. The maximum Gasteiger partial charge on any atom is 0.341 e. The molecule has 3 aromatic heterocycles. The Hall–Kier alpha value is -4.89. The van der Waals surface area contributed by atoms with Gasteiger partial charge in [-0.05, 0) is 32.5 Å². The summed E-state index contributed by atoms with van der Waals surface area (Å²) in [6.45, 7) is 7.08. The molecular formula is C31H35FN8O6. The molecule has 0 amide bonds. The van der Waals surface area contributed by atoms with Crippen LogP contribution in [0.1, 0.15) is 34.1 Å². The summed E-state index contributed by atoms with van der Waals surface area (Å²) in [6.07, 6.45) is 4.54. The number of carboxylic acids is 2. The van der Waals surface area contributed by atoms with E-state index in [0.29, 0.717) is 75.0 Å². The topological polar surface area (TPSA) is 166 Å². The number of nitrogens with one attached hydrogen (secondary N) is 1. The number of hydrogen-bond donors (Lipinski definition) is 3. The van der Waals surface area contributed by atoms with Crippen LogP contribution in [0, 0.1) is 5.82 Å². The lowest BCUT2D eigenvalue weighted by Gasteiger charge is -2.35. The van der Waals surface area contributed by atoms with Gasteiger partial charge in [-0.3, -0.25) is 9.59 Å². The fraction of sp³-hybridized carbons (Fsp3) is 0.419. The Kier molecular flexibility index (Phi) is 8.44. The van der Waals surface area contributed by atoms with Crippen molar-refractivity contribution in [1.29, 1.82) is 0 Å². The number of aromatic nitrogens is 4. The zero-order valence-electron chi connectivity index (χ0n) is 25.6. The molecule has 15 heteroatoms. The summed E-state index contributed by atoms with van der Waals surface area (Å²) in [5, 5.41) is 22.8. The van der Waals surface area contributed by atoms with Crippen molar-refractivity contribution in [1.82, 2.24) is 29.3 Å². The van der Waals surface area contributed by atoms with Crippen molar-refractivity contribution in [3.8, 4) is 0 Å². The van der Waals surface area contributed by atoms with E-state index in [1.807, 2.05) is 23.8 Å².